The van der Waals surface area contributed by atoms with Crippen molar-refractivity contribution in [1.82, 2.24) is 0 Å². The maximum absolute atomic E-state index is 12.7. The molecule has 1 aromatic carbocycles. The fourth-order valence-electron chi connectivity index (χ4n) is 1.71. The highest BCUT2D eigenvalue weighted by atomic mass is 35.5. The first-order valence-electron chi connectivity index (χ1n) is 5.69. The lowest BCUT2D eigenvalue weighted by molar-refractivity contribution is -0.137. The summed E-state index contributed by atoms with van der Waals surface area (Å²) in [5, 5.41) is 11.2. The van der Waals surface area contributed by atoms with Crippen molar-refractivity contribution in [3.8, 4) is 0 Å². The molecule has 0 aliphatic rings. The average Bonchev–Trinajstić information content (AvgIpc) is 2.85. The molecule has 1 aromatic heterocycles. The zero-order valence-electron chi connectivity index (χ0n) is 10.4. The highest BCUT2D eigenvalue weighted by Gasteiger charge is 2.33. The number of carboxylic acid groups (broad SMARTS) is 1. The lowest BCUT2D eigenvalue weighted by Crippen LogP contribution is -2.08. The number of furan rings is 1. The summed E-state index contributed by atoms with van der Waals surface area (Å²) in [5.41, 5.74) is -0.463. The third-order valence-electron chi connectivity index (χ3n) is 2.70. The second kappa shape index (κ2) is 5.69. The Hall–Kier alpha value is -2.15. The van der Waals surface area contributed by atoms with Crippen molar-refractivity contribution in [2.75, 3.05) is 5.32 Å². The van der Waals surface area contributed by atoms with Crippen LogP contribution in [0.1, 0.15) is 21.7 Å². The zero-order valence-corrected chi connectivity index (χ0v) is 11.1. The predicted octanol–water partition coefficient (Wildman–Crippen LogP) is 4.26. The van der Waals surface area contributed by atoms with Gasteiger partial charge in [0.05, 0.1) is 16.8 Å². The minimum atomic E-state index is -4.56. The van der Waals surface area contributed by atoms with Gasteiger partial charge in [-0.2, -0.15) is 13.2 Å². The Balaban J connectivity index is 2.17. The molecule has 0 amide bonds. The largest absolute Gasteiger partial charge is 0.475 e. The van der Waals surface area contributed by atoms with Gasteiger partial charge >= 0.3 is 12.1 Å². The van der Waals surface area contributed by atoms with E-state index < -0.39 is 22.7 Å². The molecule has 1 heterocycles. The first-order chi connectivity index (χ1) is 9.79. The van der Waals surface area contributed by atoms with E-state index in [9.17, 15) is 18.0 Å². The Labute approximate surface area is 122 Å². The summed E-state index contributed by atoms with van der Waals surface area (Å²) < 4.78 is 42.9. The van der Waals surface area contributed by atoms with Crippen LogP contribution < -0.4 is 5.32 Å². The number of anilines is 1. The molecule has 2 aromatic rings. The molecule has 0 unspecified atom stereocenters. The number of nitrogens with one attached hydrogen (secondary N) is 1. The molecule has 8 heteroatoms. The van der Waals surface area contributed by atoms with Crippen LogP contribution in [0.2, 0.25) is 5.02 Å². The average molecular weight is 320 g/mol. The summed E-state index contributed by atoms with van der Waals surface area (Å²) in [6.07, 6.45) is -3.36. The molecule has 0 spiro atoms. The maximum atomic E-state index is 12.7. The summed E-state index contributed by atoms with van der Waals surface area (Å²) in [4.78, 5) is 10.8. The van der Waals surface area contributed by atoms with E-state index in [2.05, 4.69) is 5.32 Å². The molecule has 0 atom stereocenters. The van der Waals surface area contributed by atoms with Crippen molar-refractivity contribution < 1.29 is 27.5 Å². The van der Waals surface area contributed by atoms with E-state index in [4.69, 9.17) is 21.1 Å². The molecule has 0 saturated heterocycles. The molecule has 0 radical (unpaired) electrons. The SMILES string of the molecule is O=C(O)c1occc1CNc1ccc(Cl)c(C(F)(F)F)c1. The summed E-state index contributed by atoms with van der Waals surface area (Å²) in [6.45, 7) is 0.0110. The number of alkyl halides is 3. The van der Waals surface area contributed by atoms with E-state index >= 15 is 0 Å². The first kappa shape index (κ1) is 15.2. The van der Waals surface area contributed by atoms with Crippen molar-refractivity contribution in [3.05, 3.63) is 52.4 Å². The Morgan fingerprint density at radius 1 is 1.33 bits per heavy atom. The Bertz CT molecular complexity index is 667. The van der Waals surface area contributed by atoms with Crippen LogP contribution in [0.5, 0.6) is 0 Å². The fraction of sp³-hybridized carbons (Fsp3) is 0.154. The smallest absolute Gasteiger partial charge is 0.417 e. The van der Waals surface area contributed by atoms with Crippen LogP contribution in [0, 0.1) is 0 Å². The fourth-order valence-corrected chi connectivity index (χ4v) is 1.94. The van der Waals surface area contributed by atoms with Crippen molar-refractivity contribution in [2.45, 2.75) is 12.7 Å². The first-order valence-corrected chi connectivity index (χ1v) is 6.07. The molecule has 2 N–H and O–H groups in total. The van der Waals surface area contributed by atoms with Gasteiger partial charge in [-0.15, -0.1) is 0 Å². The van der Waals surface area contributed by atoms with Crippen molar-refractivity contribution in [1.29, 1.82) is 0 Å². The summed E-state index contributed by atoms with van der Waals surface area (Å²) in [5.74, 6) is -1.50. The minimum absolute atomic E-state index is 0.0110. The van der Waals surface area contributed by atoms with Crippen LogP contribution in [0.25, 0.3) is 0 Å². The van der Waals surface area contributed by atoms with E-state index in [1.54, 1.807) is 0 Å². The Morgan fingerprint density at radius 3 is 2.67 bits per heavy atom. The van der Waals surface area contributed by atoms with Crippen LogP contribution in [-0.4, -0.2) is 11.1 Å². The van der Waals surface area contributed by atoms with Crippen LogP contribution >= 0.6 is 11.6 Å². The number of hydrogen-bond acceptors (Lipinski definition) is 3. The third-order valence-corrected chi connectivity index (χ3v) is 3.03. The van der Waals surface area contributed by atoms with Gasteiger partial charge in [0.15, 0.2) is 0 Å². The maximum Gasteiger partial charge on any atom is 0.417 e. The third kappa shape index (κ3) is 3.49. The van der Waals surface area contributed by atoms with Gasteiger partial charge in [0, 0.05) is 17.8 Å². The molecule has 0 aliphatic carbocycles. The molecule has 0 aliphatic heterocycles. The number of rotatable bonds is 4. The number of halogens is 4. The number of carboxylic acids is 1. The normalized spacial score (nSPS) is 11.4. The summed E-state index contributed by atoms with van der Waals surface area (Å²) >= 11 is 5.51. The van der Waals surface area contributed by atoms with Gasteiger partial charge in [-0.05, 0) is 24.3 Å². The number of benzene rings is 1. The van der Waals surface area contributed by atoms with Gasteiger partial charge in [-0.25, -0.2) is 4.79 Å². The lowest BCUT2D eigenvalue weighted by Gasteiger charge is -2.12. The lowest BCUT2D eigenvalue weighted by atomic mass is 10.2. The second-order valence-electron chi connectivity index (χ2n) is 4.13. The Morgan fingerprint density at radius 2 is 2.05 bits per heavy atom. The van der Waals surface area contributed by atoms with Gasteiger partial charge in [0.1, 0.15) is 0 Å². The topological polar surface area (TPSA) is 62.5 Å². The van der Waals surface area contributed by atoms with E-state index in [0.29, 0.717) is 5.56 Å². The molecule has 112 valence electrons. The van der Waals surface area contributed by atoms with Gasteiger partial charge in [-0.1, -0.05) is 11.6 Å². The molecular weight excluding hydrogens is 311 g/mol. The molecule has 2 rings (SSSR count). The summed E-state index contributed by atoms with van der Waals surface area (Å²) in [6, 6.07) is 4.79. The molecule has 21 heavy (non-hydrogen) atoms. The second-order valence-corrected chi connectivity index (χ2v) is 4.53. The van der Waals surface area contributed by atoms with Gasteiger partial charge < -0.3 is 14.8 Å². The minimum Gasteiger partial charge on any atom is -0.475 e. The van der Waals surface area contributed by atoms with Crippen LogP contribution in [-0.2, 0) is 12.7 Å². The van der Waals surface area contributed by atoms with Crippen molar-refractivity contribution in [3.63, 3.8) is 0 Å². The zero-order chi connectivity index (χ0) is 15.6. The highest BCUT2D eigenvalue weighted by molar-refractivity contribution is 6.31. The molecule has 0 fully saturated rings. The Kier molecular flexibility index (Phi) is 4.13. The van der Waals surface area contributed by atoms with Gasteiger partial charge in [0.25, 0.3) is 0 Å². The van der Waals surface area contributed by atoms with Gasteiger partial charge in [0.2, 0.25) is 5.76 Å². The van der Waals surface area contributed by atoms with Crippen LogP contribution in [0.3, 0.4) is 0 Å². The van der Waals surface area contributed by atoms with Crippen molar-refractivity contribution >= 4 is 23.3 Å². The van der Waals surface area contributed by atoms with Crippen molar-refractivity contribution in [2.24, 2.45) is 0 Å². The van der Waals surface area contributed by atoms with E-state index in [1.807, 2.05) is 0 Å². The standard InChI is InChI=1S/C13H9ClF3NO3/c14-10-2-1-8(5-9(10)13(15,16)17)18-6-7-3-4-21-11(7)12(19)20/h1-5,18H,6H2,(H,19,20). The molecule has 4 nitrogen and oxygen atoms in total. The molecule has 0 saturated carbocycles. The number of carbonyl (C=O) groups is 1. The van der Waals surface area contributed by atoms with E-state index in [0.717, 1.165) is 12.1 Å². The quantitative estimate of drug-likeness (QED) is 0.883. The predicted molar refractivity (Wildman–Crippen MR) is 69.4 cm³/mol. The number of aromatic carboxylic acids is 1. The van der Waals surface area contributed by atoms with E-state index in [-0.39, 0.29) is 18.0 Å². The van der Waals surface area contributed by atoms with Crippen LogP contribution in [0.15, 0.2) is 34.9 Å². The molecule has 0 bridgehead atoms. The number of hydrogen-bond donors (Lipinski definition) is 2. The van der Waals surface area contributed by atoms with Gasteiger partial charge in [-0.3, -0.25) is 0 Å². The van der Waals surface area contributed by atoms with Crippen LogP contribution in [0.4, 0.5) is 18.9 Å². The van der Waals surface area contributed by atoms with E-state index in [1.165, 1.54) is 18.4 Å². The molecular formula is C13H9ClF3NO3. The summed E-state index contributed by atoms with van der Waals surface area (Å²) in [7, 11) is 0. The monoisotopic (exact) mass is 319 g/mol. The highest BCUT2D eigenvalue weighted by Crippen LogP contribution is 2.36.